The molecule has 0 saturated carbocycles. The standard InChI is InChI=1S/C36H24Cl2FNO4/c1-43-35(41)33(32-29-19-23(37)12-14-27(29)28-15-13-24(38)20-30(28)32)34(36(42)44-2)40-17-16-22(26-8-3-4-9-31(26)40)11-10-21-6-5-7-25(39)18-21/h3-20H,1-2H3/b11-10+,34-33-. The fourth-order valence-electron chi connectivity index (χ4n) is 5.56. The van der Waals surface area contributed by atoms with E-state index in [1.807, 2.05) is 54.6 Å². The van der Waals surface area contributed by atoms with E-state index in [0.29, 0.717) is 37.5 Å². The maximum atomic E-state index is 13.8. The zero-order chi connectivity index (χ0) is 31.0. The van der Waals surface area contributed by atoms with Gasteiger partial charge in [0.1, 0.15) is 5.82 Å². The number of hydrogen-bond acceptors (Lipinski definition) is 4. The van der Waals surface area contributed by atoms with Crippen molar-refractivity contribution in [1.82, 2.24) is 0 Å². The van der Waals surface area contributed by atoms with Crippen LogP contribution in [-0.4, -0.2) is 26.2 Å². The maximum absolute atomic E-state index is 13.8. The third kappa shape index (κ3) is 5.23. The number of nitrogens with zero attached hydrogens (tertiary/aromatic N) is 1. The molecular formula is C36H24Cl2FNO4. The summed E-state index contributed by atoms with van der Waals surface area (Å²) in [6.45, 7) is 0. The van der Waals surface area contributed by atoms with E-state index in [9.17, 15) is 14.0 Å². The smallest absolute Gasteiger partial charge is 0.379 e. The molecule has 0 N–H and O–H groups in total. The van der Waals surface area contributed by atoms with Crippen molar-refractivity contribution in [2.75, 3.05) is 14.2 Å². The summed E-state index contributed by atoms with van der Waals surface area (Å²) < 4.78 is 26.0. The number of carbonyl (C=O) groups is 2. The van der Waals surface area contributed by atoms with Gasteiger partial charge in [0.15, 0.2) is 6.20 Å². The van der Waals surface area contributed by atoms with E-state index in [4.69, 9.17) is 32.7 Å². The van der Waals surface area contributed by atoms with Crippen LogP contribution in [-0.2, 0) is 19.1 Å². The molecule has 0 spiro atoms. The first-order chi connectivity index (χ1) is 21.3. The van der Waals surface area contributed by atoms with Crippen molar-refractivity contribution < 1.29 is 28.0 Å². The van der Waals surface area contributed by atoms with Crippen molar-refractivity contribution >= 4 is 91.0 Å². The van der Waals surface area contributed by atoms with Crippen LogP contribution in [0.3, 0.4) is 0 Å². The van der Waals surface area contributed by atoms with Gasteiger partial charge in [-0.25, -0.2) is 9.18 Å². The molecule has 218 valence electrons. The van der Waals surface area contributed by atoms with Gasteiger partial charge in [0.2, 0.25) is 5.52 Å². The van der Waals surface area contributed by atoms with Crippen LogP contribution in [0, 0.1) is 5.82 Å². The quantitative estimate of drug-likeness (QED) is 0.0808. The summed E-state index contributed by atoms with van der Waals surface area (Å²) in [5.41, 5.74) is 2.51. The lowest BCUT2D eigenvalue weighted by Gasteiger charge is -2.16. The average Bonchev–Trinajstić information content (AvgIpc) is 3.33. The Balaban J connectivity index is 1.70. The minimum absolute atomic E-state index is 0.0120. The summed E-state index contributed by atoms with van der Waals surface area (Å²) in [5.74, 6) is -1.83. The SMILES string of the molecule is COC(=O)/C(=C(/C(=O)OC)[n+]1ccc(/C=C/c2cccc(F)c2)c2ccccc21)[c-]1c2cc(Cl)ccc2c2ccc(Cl)cc21. The molecule has 5 nitrogen and oxygen atoms in total. The molecule has 5 aromatic carbocycles. The Bertz CT molecular complexity index is 2120. The molecule has 0 aliphatic rings. The van der Waals surface area contributed by atoms with E-state index >= 15 is 0 Å². The molecule has 0 aliphatic carbocycles. The van der Waals surface area contributed by atoms with Crippen LogP contribution in [0.1, 0.15) is 16.7 Å². The van der Waals surface area contributed by atoms with E-state index in [1.165, 1.54) is 26.4 Å². The highest BCUT2D eigenvalue weighted by atomic mass is 35.5. The minimum Gasteiger partial charge on any atom is -0.490 e. The van der Waals surface area contributed by atoms with Crippen molar-refractivity contribution in [3.63, 3.8) is 0 Å². The Morgan fingerprint density at radius 1 is 0.750 bits per heavy atom. The molecule has 6 aromatic rings. The third-order valence-corrected chi connectivity index (χ3v) is 7.94. The number of aromatic nitrogens is 1. The molecule has 44 heavy (non-hydrogen) atoms. The molecule has 8 heteroatoms. The van der Waals surface area contributed by atoms with E-state index in [1.54, 1.807) is 47.2 Å². The highest BCUT2D eigenvalue weighted by Crippen LogP contribution is 2.42. The van der Waals surface area contributed by atoms with Gasteiger partial charge in [0.25, 0.3) is 11.7 Å². The fourth-order valence-corrected chi connectivity index (χ4v) is 5.90. The van der Waals surface area contributed by atoms with Crippen LogP contribution in [0.15, 0.2) is 97.2 Å². The molecule has 0 atom stereocenters. The van der Waals surface area contributed by atoms with Crippen molar-refractivity contribution in [2.45, 2.75) is 0 Å². The normalized spacial score (nSPS) is 12.2. The zero-order valence-electron chi connectivity index (χ0n) is 23.6. The predicted molar refractivity (Wildman–Crippen MR) is 174 cm³/mol. The van der Waals surface area contributed by atoms with Gasteiger partial charge in [0.05, 0.1) is 25.2 Å². The van der Waals surface area contributed by atoms with Gasteiger partial charge in [-0.05, 0) is 29.3 Å². The Labute approximate surface area is 262 Å². The predicted octanol–water partition coefficient (Wildman–Crippen LogP) is 8.48. The number of carbonyl (C=O) groups excluding carboxylic acids is 2. The second-order valence-electron chi connectivity index (χ2n) is 10.0. The van der Waals surface area contributed by atoms with Gasteiger partial charge in [0, 0.05) is 22.2 Å². The number of benzene rings is 4. The molecule has 0 fully saturated rings. The number of pyridine rings is 1. The van der Waals surface area contributed by atoms with Crippen LogP contribution >= 0.6 is 23.2 Å². The largest absolute Gasteiger partial charge is 0.490 e. The number of para-hydroxylation sites is 1. The van der Waals surface area contributed by atoms with Crippen LogP contribution in [0.4, 0.5) is 4.39 Å². The Morgan fingerprint density at radius 2 is 1.41 bits per heavy atom. The Hall–Kier alpha value is -4.91. The van der Waals surface area contributed by atoms with E-state index in [-0.39, 0.29) is 17.1 Å². The summed E-state index contributed by atoms with van der Waals surface area (Å²) in [5, 5.41) is 4.64. The number of methoxy groups -OCH3 is 2. The summed E-state index contributed by atoms with van der Waals surface area (Å²) >= 11 is 12.9. The topological polar surface area (TPSA) is 56.5 Å². The highest BCUT2D eigenvalue weighted by Gasteiger charge is 2.32. The van der Waals surface area contributed by atoms with Crippen molar-refractivity contribution in [1.29, 1.82) is 0 Å². The van der Waals surface area contributed by atoms with E-state index in [2.05, 4.69) is 0 Å². The number of halogens is 3. The van der Waals surface area contributed by atoms with Gasteiger partial charge in [-0.15, -0.1) is 0 Å². The van der Waals surface area contributed by atoms with Gasteiger partial charge in [-0.3, -0.25) is 4.79 Å². The van der Waals surface area contributed by atoms with E-state index < -0.39 is 11.9 Å². The molecule has 1 heterocycles. The molecule has 0 bridgehead atoms. The summed E-state index contributed by atoms with van der Waals surface area (Å²) in [6, 6.07) is 26.3. The van der Waals surface area contributed by atoms with Gasteiger partial charge >= 0.3 is 5.97 Å². The third-order valence-electron chi connectivity index (χ3n) is 7.47. The lowest BCUT2D eigenvalue weighted by atomic mass is 9.99. The van der Waals surface area contributed by atoms with Crippen molar-refractivity contribution in [2.24, 2.45) is 0 Å². The van der Waals surface area contributed by atoms with Gasteiger partial charge < -0.3 is 9.47 Å². The number of esters is 2. The first kappa shape index (κ1) is 29.2. The minimum atomic E-state index is -0.754. The molecule has 0 aliphatic heterocycles. The summed E-state index contributed by atoms with van der Waals surface area (Å²) in [4.78, 5) is 27.5. The number of fused-ring (bicyclic) bond motifs is 4. The molecular weight excluding hydrogens is 600 g/mol. The fraction of sp³-hybridized carbons (Fsp3) is 0.0556. The van der Waals surface area contributed by atoms with E-state index in [0.717, 1.165) is 21.7 Å². The first-order valence-corrected chi connectivity index (χ1v) is 14.3. The summed E-state index contributed by atoms with van der Waals surface area (Å²) in [6.07, 6.45) is 5.37. The molecule has 1 aromatic heterocycles. The number of rotatable bonds is 6. The van der Waals surface area contributed by atoms with Crippen molar-refractivity contribution in [3.8, 4) is 0 Å². The Kier molecular flexibility index (Phi) is 7.95. The monoisotopic (exact) mass is 623 g/mol. The van der Waals surface area contributed by atoms with Gasteiger partial charge in [-0.1, -0.05) is 123 Å². The van der Waals surface area contributed by atoms with Gasteiger partial charge in [-0.2, -0.15) is 4.57 Å². The lowest BCUT2D eigenvalue weighted by molar-refractivity contribution is -0.548. The highest BCUT2D eigenvalue weighted by molar-refractivity contribution is 6.40. The lowest BCUT2D eigenvalue weighted by Crippen LogP contribution is -2.39. The van der Waals surface area contributed by atoms with Crippen LogP contribution in [0.25, 0.3) is 55.9 Å². The maximum Gasteiger partial charge on any atom is 0.379 e. The average molecular weight is 624 g/mol. The van der Waals surface area contributed by atoms with Crippen molar-refractivity contribution in [3.05, 3.63) is 130 Å². The molecule has 0 unspecified atom stereocenters. The van der Waals surface area contributed by atoms with Crippen LogP contribution in [0.5, 0.6) is 0 Å². The zero-order valence-corrected chi connectivity index (χ0v) is 25.1. The number of hydrogen-bond donors (Lipinski definition) is 0. The molecule has 0 radical (unpaired) electrons. The second-order valence-corrected chi connectivity index (χ2v) is 10.9. The summed E-state index contributed by atoms with van der Waals surface area (Å²) in [7, 11) is 2.51. The first-order valence-electron chi connectivity index (χ1n) is 13.6. The molecule has 0 saturated heterocycles. The second kappa shape index (κ2) is 12.0. The Morgan fingerprint density at radius 3 is 2.05 bits per heavy atom. The number of ether oxygens (including phenoxy) is 2. The molecule has 0 amide bonds. The molecule has 6 rings (SSSR count). The van der Waals surface area contributed by atoms with Crippen LogP contribution in [0.2, 0.25) is 10.0 Å². The van der Waals surface area contributed by atoms with Crippen LogP contribution < -0.4 is 4.57 Å².